The number of ether oxygens (including phenoxy) is 1. The summed E-state index contributed by atoms with van der Waals surface area (Å²) in [7, 11) is 1.37. The van der Waals surface area contributed by atoms with Gasteiger partial charge in [0.2, 0.25) is 0 Å². The Morgan fingerprint density at radius 1 is 1.42 bits per heavy atom. The third-order valence-electron chi connectivity index (χ3n) is 1.80. The van der Waals surface area contributed by atoms with Crippen molar-refractivity contribution in [2.24, 2.45) is 11.7 Å². The summed E-state index contributed by atoms with van der Waals surface area (Å²) in [5, 5.41) is 0. The van der Waals surface area contributed by atoms with Gasteiger partial charge in [-0.25, -0.2) is 0 Å². The van der Waals surface area contributed by atoms with Crippen molar-refractivity contribution in [3.63, 3.8) is 0 Å². The molecule has 0 bridgehead atoms. The first kappa shape index (κ1) is 11.4. The number of rotatable bonds is 5. The van der Waals surface area contributed by atoms with E-state index in [1.54, 1.807) is 0 Å². The van der Waals surface area contributed by atoms with Gasteiger partial charge in [-0.1, -0.05) is 26.7 Å². The lowest BCUT2D eigenvalue weighted by atomic mass is 10.0. The molecule has 0 amide bonds. The van der Waals surface area contributed by atoms with E-state index in [0.717, 1.165) is 19.3 Å². The summed E-state index contributed by atoms with van der Waals surface area (Å²) in [4.78, 5) is 10.8. The van der Waals surface area contributed by atoms with Crippen LogP contribution in [0.1, 0.15) is 33.1 Å². The molecule has 3 heteroatoms. The van der Waals surface area contributed by atoms with Gasteiger partial charge in [0.25, 0.3) is 0 Å². The third-order valence-corrected chi connectivity index (χ3v) is 1.80. The Labute approximate surface area is 74.3 Å². The molecule has 0 aromatic carbocycles. The van der Waals surface area contributed by atoms with E-state index in [9.17, 15) is 4.79 Å². The van der Waals surface area contributed by atoms with Gasteiger partial charge in [-0.15, -0.1) is 0 Å². The first-order chi connectivity index (χ1) is 5.57. The Hall–Kier alpha value is -0.570. The highest BCUT2D eigenvalue weighted by molar-refractivity contribution is 5.75. The van der Waals surface area contributed by atoms with Crippen LogP contribution in [0.15, 0.2) is 0 Å². The van der Waals surface area contributed by atoms with E-state index in [1.165, 1.54) is 7.11 Å². The second kappa shape index (κ2) is 6.00. The maximum Gasteiger partial charge on any atom is 0.322 e. The maximum atomic E-state index is 10.8. The average Bonchev–Trinajstić information content (AvgIpc) is 2.02. The molecule has 0 aliphatic heterocycles. The summed E-state index contributed by atoms with van der Waals surface area (Å²) < 4.78 is 4.51. The Morgan fingerprint density at radius 3 is 2.42 bits per heavy atom. The molecule has 3 nitrogen and oxygen atoms in total. The first-order valence-corrected chi connectivity index (χ1v) is 4.41. The van der Waals surface area contributed by atoms with E-state index in [4.69, 9.17) is 5.73 Å². The monoisotopic (exact) mass is 173 g/mol. The molecule has 0 saturated carbocycles. The van der Waals surface area contributed by atoms with E-state index in [2.05, 4.69) is 18.6 Å². The molecule has 0 spiro atoms. The normalized spacial score (nSPS) is 13.1. The second-order valence-corrected chi connectivity index (χ2v) is 3.45. The fourth-order valence-corrected chi connectivity index (χ4v) is 1.02. The van der Waals surface area contributed by atoms with Crippen molar-refractivity contribution in [2.45, 2.75) is 39.2 Å². The van der Waals surface area contributed by atoms with Gasteiger partial charge in [0.15, 0.2) is 0 Å². The molecular weight excluding hydrogens is 154 g/mol. The van der Waals surface area contributed by atoms with E-state index >= 15 is 0 Å². The number of hydrogen-bond donors (Lipinski definition) is 1. The van der Waals surface area contributed by atoms with Gasteiger partial charge >= 0.3 is 5.97 Å². The zero-order valence-corrected chi connectivity index (χ0v) is 8.17. The summed E-state index contributed by atoms with van der Waals surface area (Å²) in [5.41, 5.74) is 5.54. The van der Waals surface area contributed by atoms with E-state index in [1.807, 2.05) is 0 Å². The van der Waals surface area contributed by atoms with Crippen LogP contribution in [0.25, 0.3) is 0 Å². The summed E-state index contributed by atoms with van der Waals surface area (Å²) in [6, 6.07) is -0.436. The Kier molecular flexibility index (Phi) is 5.72. The topological polar surface area (TPSA) is 52.3 Å². The lowest BCUT2D eigenvalue weighted by Gasteiger charge is -2.09. The van der Waals surface area contributed by atoms with Crippen LogP contribution in [-0.4, -0.2) is 19.1 Å². The van der Waals surface area contributed by atoms with Crippen LogP contribution in [0.2, 0.25) is 0 Å². The van der Waals surface area contributed by atoms with Crippen LogP contribution in [0, 0.1) is 5.92 Å². The standard InChI is InChI=1S/C9H19NO2/c1-7(2)5-4-6-8(10)9(11)12-3/h7-8H,4-6,10H2,1-3H3. The first-order valence-electron chi connectivity index (χ1n) is 4.41. The van der Waals surface area contributed by atoms with E-state index in [0.29, 0.717) is 5.92 Å². The molecule has 0 fully saturated rings. The molecule has 0 aliphatic rings. The fraction of sp³-hybridized carbons (Fsp3) is 0.889. The number of carbonyl (C=O) groups is 1. The highest BCUT2D eigenvalue weighted by Crippen LogP contribution is 2.07. The van der Waals surface area contributed by atoms with Gasteiger partial charge in [-0.05, 0) is 12.3 Å². The largest absolute Gasteiger partial charge is 0.468 e. The number of nitrogens with two attached hydrogens (primary N) is 1. The van der Waals surface area contributed by atoms with Crippen LogP contribution in [0.4, 0.5) is 0 Å². The molecule has 72 valence electrons. The second-order valence-electron chi connectivity index (χ2n) is 3.45. The fourth-order valence-electron chi connectivity index (χ4n) is 1.02. The van der Waals surface area contributed by atoms with Crippen molar-refractivity contribution in [3.05, 3.63) is 0 Å². The number of hydrogen-bond acceptors (Lipinski definition) is 3. The van der Waals surface area contributed by atoms with Crippen LogP contribution < -0.4 is 5.73 Å². The summed E-state index contributed by atoms with van der Waals surface area (Å²) in [6.45, 7) is 4.31. The summed E-state index contributed by atoms with van der Waals surface area (Å²) in [6.07, 6.45) is 2.84. The van der Waals surface area contributed by atoms with Crippen LogP contribution >= 0.6 is 0 Å². The van der Waals surface area contributed by atoms with Crippen LogP contribution in [0.5, 0.6) is 0 Å². The van der Waals surface area contributed by atoms with Crippen molar-refractivity contribution in [3.8, 4) is 0 Å². The van der Waals surface area contributed by atoms with Gasteiger partial charge in [-0.3, -0.25) is 4.79 Å². The molecule has 0 radical (unpaired) electrons. The number of esters is 1. The quantitative estimate of drug-likeness (QED) is 0.638. The highest BCUT2D eigenvalue weighted by atomic mass is 16.5. The van der Waals surface area contributed by atoms with Crippen LogP contribution in [-0.2, 0) is 9.53 Å². The number of carbonyl (C=O) groups excluding carboxylic acids is 1. The van der Waals surface area contributed by atoms with Gasteiger partial charge in [-0.2, -0.15) is 0 Å². The van der Waals surface area contributed by atoms with Gasteiger partial charge in [0, 0.05) is 0 Å². The minimum Gasteiger partial charge on any atom is -0.468 e. The highest BCUT2D eigenvalue weighted by Gasteiger charge is 2.12. The molecule has 0 aliphatic carbocycles. The molecule has 0 saturated heterocycles. The lowest BCUT2D eigenvalue weighted by Crippen LogP contribution is -2.31. The van der Waals surface area contributed by atoms with Crippen molar-refractivity contribution in [2.75, 3.05) is 7.11 Å². The molecule has 1 atom stereocenters. The third kappa shape index (κ3) is 5.13. The van der Waals surface area contributed by atoms with Gasteiger partial charge in [0.05, 0.1) is 7.11 Å². The average molecular weight is 173 g/mol. The zero-order valence-electron chi connectivity index (χ0n) is 8.17. The molecule has 0 heterocycles. The Bertz CT molecular complexity index is 134. The van der Waals surface area contributed by atoms with Crippen molar-refractivity contribution in [1.29, 1.82) is 0 Å². The van der Waals surface area contributed by atoms with Crippen molar-refractivity contribution < 1.29 is 9.53 Å². The van der Waals surface area contributed by atoms with Gasteiger partial charge in [0.1, 0.15) is 6.04 Å². The summed E-state index contributed by atoms with van der Waals surface area (Å²) >= 11 is 0. The van der Waals surface area contributed by atoms with Crippen molar-refractivity contribution >= 4 is 5.97 Å². The SMILES string of the molecule is COC(=O)C(N)CCCC(C)C. The predicted octanol–water partition coefficient (Wildman–Crippen LogP) is 1.31. The molecule has 2 N–H and O–H groups in total. The maximum absolute atomic E-state index is 10.8. The van der Waals surface area contributed by atoms with Crippen molar-refractivity contribution in [1.82, 2.24) is 0 Å². The molecule has 0 aromatic rings. The van der Waals surface area contributed by atoms with Crippen LogP contribution in [0.3, 0.4) is 0 Å². The molecule has 0 rings (SSSR count). The Morgan fingerprint density at radius 2 is 2.00 bits per heavy atom. The smallest absolute Gasteiger partial charge is 0.322 e. The van der Waals surface area contributed by atoms with E-state index < -0.39 is 6.04 Å². The molecular formula is C9H19NO2. The predicted molar refractivity (Wildman–Crippen MR) is 48.7 cm³/mol. The Balaban J connectivity index is 3.43. The minimum absolute atomic E-state index is 0.307. The minimum atomic E-state index is -0.436. The summed E-state index contributed by atoms with van der Waals surface area (Å²) in [5.74, 6) is 0.369. The molecule has 12 heavy (non-hydrogen) atoms. The lowest BCUT2D eigenvalue weighted by molar-refractivity contribution is -0.142. The zero-order chi connectivity index (χ0) is 9.56. The molecule has 1 unspecified atom stereocenters. The molecule has 0 aromatic heterocycles. The van der Waals surface area contributed by atoms with Gasteiger partial charge < -0.3 is 10.5 Å². The number of methoxy groups -OCH3 is 1. The van der Waals surface area contributed by atoms with E-state index in [-0.39, 0.29) is 5.97 Å².